The van der Waals surface area contributed by atoms with E-state index in [0.29, 0.717) is 24.1 Å². The van der Waals surface area contributed by atoms with Gasteiger partial charge < -0.3 is 16.0 Å². The van der Waals surface area contributed by atoms with Gasteiger partial charge in [0.2, 0.25) is 5.91 Å². The molecule has 152 valence electrons. The summed E-state index contributed by atoms with van der Waals surface area (Å²) in [6, 6.07) is 17.3. The van der Waals surface area contributed by atoms with Crippen molar-refractivity contribution in [3.8, 4) is 0 Å². The van der Waals surface area contributed by atoms with Crippen LogP contribution in [0, 0.1) is 0 Å². The number of hydrogen-bond donors (Lipinski definition) is 3. The third-order valence-corrected chi connectivity index (χ3v) is 5.26. The van der Waals surface area contributed by atoms with E-state index in [2.05, 4.69) is 16.0 Å². The molecule has 5 nitrogen and oxygen atoms in total. The highest BCUT2D eigenvalue weighted by Gasteiger charge is 2.17. The van der Waals surface area contributed by atoms with Gasteiger partial charge in [-0.25, -0.2) is 0 Å². The maximum absolute atomic E-state index is 12.5. The standard InChI is InChI=1S/C23H27N3O2S/c27-21(15-14-17-8-3-1-4-9-17)26-23(29)25-20-13-7-10-18(16-20)22(28)24-19-11-5-2-6-12-19/h1,3-4,7-10,13,16,19H,2,5-6,11-12,14-15H2,(H,24,28)(H2,25,26,27,29). The quantitative estimate of drug-likeness (QED) is 0.626. The van der Waals surface area contributed by atoms with Gasteiger partial charge in [-0.05, 0) is 55.2 Å². The molecule has 0 aromatic heterocycles. The van der Waals surface area contributed by atoms with E-state index in [1.54, 1.807) is 18.2 Å². The average molecular weight is 410 g/mol. The van der Waals surface area contributed by atoms with Gasteiger partial charge in [0.1, 0.15) is 0 Å². The fourth-order valence-electron chi connectivity index (χ4n) is 3.51. The number of amides is 2. The Kier molecular flexibility index (Phi) is 7.76. The minimum Gasteiger partial charge on any atom is -0.349 e. The van der Waals surface area contributed by atoms with Gasteiger partial charge >= 0.3 is 0 Å². The Hall–Kier alpha value is -2.73. The van der Waals surface area contributed by atoms with Crippen LogP contribution in [0.4, 0.5) is 5.69 Å². The molecule has 0 bridgehead atoms. The number of aryl methyl sites for hydroxylation is 1. The predicted molar refractivity (Wildman–Crippen MR) is 120 cm³/mol. The molecule has 1 saturated carbocycles. The summed E-state index contributed by atoms with van der Waals surface area (Å²) >= 11 is 5.24. The molecule has 0 saturated heterocycles. The molecule has 29 heavy (non-hydrogen) atoms. The zero-order valence-corrected chi connectivity index (χ0v) is 17.3. The van der Waals surface area contributed by atoms with Crippen LogP contribution in [0.15, 0.2) is 54.6 Å². The Labute approximate surface area is 177 Å². The summed E-state index contributed by atoms with van der Waals surface area (Å²) in [5.74, 6) is -0.212. The molecule has 6 heteroatoms. The molecule has 3 N–H and O–H groups in total. The summed E-state index contributed by atoms with van der Waals surface area (Å²) in [6.07, 6.45) is 6.70. The third-order valence-electron chi connectivity index (χ3n) is 5.06. The predicted octanol–water partition coefficient (Wildman–Crippen LogP) is 4.19. The summed E-state index contributed by atoms with van der Waals surface area (Å²) in [4.78, 5) is 24.6. The van der Waals surface area contributed by atoms with Gasteiger partial charge in [-0.2, -0.15) is 0 Å². The minimum atomic E-state index is -0.141. The number of thiocarbonyl (C=S) groups is 1. The third kappa shape index (κ3) is 6.98. The lowest BCUT2D eigenvalue weighted by Crippen LogP contribution is -2.36. The molecule has 1 aliphatic carbocycles. The first-order valence-corrected chi connectivity index (χ1v) is 10.6. The normalized spacial score (nSPS) is 14.1. The number of nitrogens with one attached hydrogen (secondary N) is 3. The van der Waals surface area contributed by atoms with Crippen molar-refractivity contribution in [3.05, 3.63) is 65.7 Å². The van der Waals surface area contributed by atoms with Gasteiger partial charge in [0, 0.05) is 23.7 Å². The Bertz CT molecular complexity index is 848. The molecular weight excluding hydrogens is 382 g/mol. The molecule has 0 unspecified atom stereocenters. The van der Waals surface area contributed by atoms with E-state index < -0.39 is 0 Å². The second-order valence-electron chi connectivity index (χ2n) is 7.38. The van der Waals surface area contributed by atoms with Crippen molar-refractivity contribution in [2.24, 2.45) is 0 Å². The van der Waals surface area contributed by atoms with Crippen molar-refractivity contribution in [1.29, 1.82) is 0 Å². The zero-order chi connectivity index (χ0) is 20.5. The lowest BCUT2D eigenvalue weighted by atomic mass is 9.95. The SMILES string of the molecule is O=C(CCc1ccccc1)NC(=S)Nc1cccc(C(=O)NC2CCCCC2)c1. The molecule has 0 radical (unpaired) electrons. The average Bonchev–Trinajstić information content (AvgIpc) is 2.74. The van der Waals surface area contributed by atoms with Crippen molar-refractivity contribution in [3.63, 3.8) is 0 Å². The van der Waals surface area contributed by atoms with Gasteiger partial charge in [-0.15, -0.1) is 0 Å². The van der Waals surface area contributed by atoms with Crippen LogP contribution in [-0.2, 0) is 11.2 Å². The Morgan fingerprint density at radius 1 is 0.966 bits per heavy atom. The molecule has 0 atom stereocenters. The van der Waals surface area contributed by atoms with Gasteiger partial charge in [0.15, 0.2) is 5.11 Å². The second kappa shape index (κ2) is 10.7. The van der Waals surface area contributed by atoms with E-state index in [1.807, 2.05) is 36.4 Å². The Morgan fingerprint density at radius 3 is 2.48 bits per heavy atom. The molecule has 0 heterocycles. The molecule has 2 amide bonds. The Morgan fingerprint density at radius 2 is 1.72 bits per heavy atom. The molecule has 1 aliphatic rings. The van der Waals surface area contributed by atoms with E-state index in [4.69, 9.17) is 12.2 Å². The first kappa shape index (κ1) is 21.0. The number of benzene rings is 2. The van der Waals surface area contributed by atoms with Gasteiger partial charge in [-0.3, -0.25) is 9.59 Å². The van der Waals surface area contributed by atoms with Crippen molar-refractivity contribution < 1.29 is 9.59 Å². The maximum Gasteiger partial charge on any atom is 0.251 e. The summed E-state index contributed by atoms with van der Waals surface area (Å²) in [6.45, 7) is 0. The van der Waals surface area contributed by atoms with Crippen LogP contribution in [0.1, 0.15) is 54.4 Å². The monoisotopic (exact) mass is 409 g/mol. The first-order chi connectivity index (χ1) is 14.1. The second-order valence-corrected chi connectivity index (χ2v) is 7.79. The van der Waals surface area contributed by atoms with Crippen molar-refractivity contribution in [2.75, 3.05) is 5.32 Å². The van der Waals surface area contributed by atoms with E-state index >= 15 is 0 Å². The molecule has 0 spiro atoms. The highest BCUT2D eigenvalue weighted by molar-refractivity contribution is 7.80. The van der Waals surface area contributed by atoms with Gasteiger partial charge in [0.25, 0.3) is 5.91 Å². The van der Waals surface area contributed by atoms with Gasteiger partial charge in [-0.1, -0.05) is 55.7 Å². The van der Waals surface area contributed by atoms with Crippen LogP contribution in [0.2, 0.25) is 0 Å². The number of rotatable bonds is 6. The number of carbonyl (C=O) groups is 2. The number of carbonyl (C=O) groups excluding carboxylic acids is 2. The van der Waals surface area contributed by atoms with Crippen molar-refractivity contribution >= 4 is 34.8 Å². The van der Waals surface area contributed by atoms with Crippen LogP contribution in [0.3, 0.4) is 0 Å². The molecule has 1 fully saturated rings. The van der Waals surface area contributed by atoms with Crippen LogP contribution >= 0.6 is 12.2 Å². The zero-order valence-electron chi connectivity index (χ0n) is 16.4. The number of anilines is 1. The lowest BCUT2D eigenvalue weighted by molar-refractivity contribution is -0.119. The molecular formula is C23H27N3O2S. The van der Waals surface area contributed by atoms with E-state index in [9.17, 15) is 9.59 Å². The summed E-state index contributed by atoms with van der Waals surface area (Å²) in [5.41, 5.74) is 2.37. The number of hydrogen-bond acceptors (Lipinski definition) is 3. The van der Waals surface area contributed by atoms with Gasteiger partial charge in [0.05, 0.1) is 0 Å². The topological polar surface area (TPSA) is 70.2 Å². The summed E-state index contributed by atoms with van der Waals surface area (Å²) < 4.78 is 0. The van der Waals surface area contributed by atoms with Crippen molar-refractivity contribution in [2.45, 2.75) is 51.0 Å². The van der Waals surface area contributed by atoms with E-state index in [0.717, 1.165) is 18.4 Å². The molecule has 2 aromatic carbocycles. The molecule has 2 aromatic rings. The lowest BCUT2D eigenvalue weighted by Gasteiger charge is -2.22. The smallest absolute Gasteiger partial charge is 0.251 e. The largest absolute Gasteiger partial charge is 0.349 e. The summed E-state index contributed by atoms with van der Waals surface area (Å²) in [7, 11) is 0. The molecule has 3 rings (SSSR count). The van der Waals surface area contributed by atoms with Crippen LogP contribution < -0.4 is 16.0 Å². The highest BCUT2D eigenvalue weighted by atomic mass is 32.1. The maximum atomic E-state index is 12.5. The van der Waals surface area contributed by atoms with E-state index in [1.165, 1.54) is 19.3 Å². The van der Waals surface area contributed by atoms with Crippen LogP contribution in [0.25, 0.3) is 0 Å². The Balaban J connectivity index is 1.47. The van der Waals surface area contributed by atoms with Crippen LogP contribution in [0.5, 0.6) is 0 Å². The highest BCUT2D eigenvalue weighted by Crippen LogP contribution is 2.18. The molecule has 0 aliphatic heterocycles. The fourth-order valence-corrected chi connectivity index (χ4v) is 3.74. The van der Waals surface area contributed by atoms with Crippen LogP contribution in [-0.4, -0.2) is 23.0 Å². The summed E-state index contributed by atoms with van der Waals surface area (Å²) in [5, 5.41) is 9.02. The van der Waals surface area contributed by atoms with E-state index in [-0.39, 0.29) is 23.0 Å². The fraction of sp³-hybridized carbons (Fsp3) is 0.348. The minimum absolute atomic E-state index is 0.0710. The van der Waals surface area contributed by atoms with Crippen molar-refractivity contribution in [1.82, 2.24) is 10.6 Å². The first-order valence-electron chi connectivity index (χ1n) is 10.2.